The van der Waals surface area contributed by atoms with Gasteiger partial charge in [0.2, 0.25) is 0 Å². The summed E-state index contributed by atoms with van der Waals surface area (Å²) >= 11 is 0. The van der Waals surface area contributed by atoms with E-state index in [2.05, 4.69) is 34.6 Å². The number of hydrogen-bond acceptors (Lipinski definition) is 6. The number of carbonyl (C=O) groups is 3. The minimum absolute atomic E-state index is 0.0624. The standard InChI is InChI=1S/C60H116O6/c1-6-7-8-9-10-11-12-13-16-21-26-32-37-42-47-52-60(63)66-57(54-65-59(62)51-46-41-36-31-27-22-24-29-34-39-44-49-56(4)5)53-64-58(61)50-45-40-35-30-25-20-18-15-14-17-19-23-28-33-38-43-48-55(2)3/h55-57H,6-54H2,1-5H3/t57-/m1/s1. The summed E-state index contributed by atoms with van der Waals surface area (Å²) in [5.74, 6) is 0.843. The second-order valence-corrected chi connectivity index (χ2v) is 21.6. The maximum absolute atomic E-state index is 12.9. The summed E-state index contributed by atoms with van der Waals surface area (Å²) in [6.45, 7) is 11.4. The Morgan fingerprint density at radius 3 is 0.742 bits per heavy atom. The van der Waals surface area contributed by atoms with Crippen LogP contribution in [0.3, 0.4) is 0 Å². The van der Waals surface area contributed by atoms with E-state index < -0.39 is 6.10 Å². The Labute approximate surface area is 412 Å². The lowest BCUT2D eigenvalue weighted by Gasteiger charge is -2.18. The van der Waals surface area contributed by atoms with Gasteiger partial charge in [0.1, 0.15) is 13.2 Å². The number of carbonyl (C=O) groups excluding carboxylic acids is 3. The van der Waals surface area contributed by atoms with Crippen molar-refractivity contribution in [2.75, 3.05) is 13.2 Å². The third-order valence-electron chi connectivity index (χ3n) is 13.7. The van der Waals surface area contributed by atoms with Crippen molar-refractivity contribution in [2.45, 2.75) is 343 Å². The molecule has 0 aliphatic rings. The molecule has 392 valence electrons. The van der Waals surface area contributed by atoms with Gasteiger partial charge < -0.3 is 14.2 Å². The molecule has 1 atom stereocenters. The normalized spacial score (nSPS) is 12.0. The van der Waals surface area contributed by atoms with Gasteiger partial charge in [-0.15, -0.1) is 0 Å². The predicted octanol–water partition coefficient (Wildman–Crippen LogP) is 19.7. The first-order chi connectivity index (χ1) is 32.2. The monoisotopic (exact) mass is 933 g/mol. The highest BCUT2D eigenvalue weighted by atomic mass is 16.6. The molecule has 66 heavy (non-hydrogen) atoms. The summed E-state index contributed by atoms with van der Waals surface area (Å²) in [6.07, 6.45) is 56.7. The van der Waals surface area contributed by atoms with Crippen molar-refractivity contribution in [3.8, 4) is 0 Å². The van der Waals surface area contributed by atoms with Crippen LogP contribution < -0.4 is 0 Å². The molecule has 0 aliphatic carbocycles. The fourth-order valence-corrected chi connectivity index (χ4v) is 9.23. The average Bonchev–Trinajstić information content (AvgIpc) is 3.29. The van der Waals surface area contributed by atoms with Crippen LogP contribution >= 0.6 is 0 Å². The van der Waals surface area contributed by atoms with Crippen LogP contribution in [0.2, 0.25) is 0 Å². The number of hydrogen-bond donors (Lipinski definition) is 0. The molecule has 0 N–H and O–H groups in total. The van der Waals surface area contributed by atoms with E-state index in [1.807, 2.05) is 0 Å². The van der Waals surface area contributed by atoms with Gasteiger partial charge in [-0.05, 0) is 31.1 Å². The van der Waals surface area contributed by atoms with E-state index in [4.69, 9.17) is 14.2 Å². The molecule has 0 bridgehead atoms. The van der Waals surface area contributed by atoms with Gasteiger partial charge in [-0.1, -0.05) is 298 Å². The van der Waals surface area contributed by atoms with Crippen LogP contribution in [0.25, 0.3) is 0 Å². The van der Waals surface area contributed by atoms with E-state index in [1.165, 1.54) is 225 Å². The van der Waals surface area contributed by atoms with E-state index in [1.54, 1.807) is 0 Å². The van der Waals surface area contributed by atoms with Gasteiger partial charge in [0.25, 0.3) is 0 Å². The van der Waals surface area contributed by atoms with Crippen molar-refractivity contribution in [2.24, 2.45) is 11.8 Å². The quantitative estimate of drug-likeness (QED) is 0.0343. The number of ether oxygens (including phenoxy) is 3. The Kier molecular flexibility index (Phi) is 51.5. The molecule has 0 rings (SSSR count). The Morgan fingerprint density at radius 2 is 0.500 bits per heavy atom. The van der Waals surface area contributed by atoms with Gasteiger partial charge in [-0.3, -0.25) is 14.4 Å². The van der Waals surface area contributed by atoms with Crippen molar-refractivity contribution in [1.82, 2.24) is 0 Å². The lowest BCUT2D eigenvalue weighted by molar-refractivity contribution is -0.167. The van der Waals surface area contributed by atoms with Gasteiger partial charge in [-0.2, -0.15) is 0 Å². The van der Waals surface area contributed by atoms with E-state index >= 15 is 0 Å². The Bertz CT molecular complexity index is 1010. The number of rotatable bonds is 54. The third-order valence-corrected chi connectivity index (χ3v) is 13.7. The Balaban J connectivity index is 4.28. The van der Waals surface area contributed by atoms with Crippen molar-refractivity contribution >= 4 is 17.9 Å². The molecule has 0 saturated heterocycles. The summed E-state index contributed by atoms with van der Waals surface area (Å²) in [6, 6.07) is 0. The van der Waals surface area contributed by atoms with Gasteiger partial charge in [0, 0.05) is 19.3 Å². The van der Waals surface area contributed by atoms with E-state index in [-0.39, 0.29) is 31.1 Å². The van der Waals surface area contributed by atoms with Gasteiger partial charge in [0.05, 0.1) is 0 Å². The van der Waals surface area contributed by atoms with Crippen LogP contribution in [-0.4, -0.2) is 37.2 Å². The molecule has 0 aliphatic heterocycles. The fourth-order valence-electron chi connectivity index (χ4n) is 9.23. The lowest BCUT2D eigenvalue weighted by Crippen LogP contribution is -2.30. The molecule has 6 heteroatoms. The summed E-state index contributed by atoms with van der Waals surface area (Å²) in [5.41, 5.74) is 0. The van der Waals surface area contributed by atoms with Gasteiger partial charge >= 0.3 is 17.9 Å². The summed E-state index contributed by atoms with van der Waals surface area (Å²) in [7, 11) is 0. The first-order valence-electron chi connectivity index (χ1n) is 29.7. The first-order valence-corrected chi connectivity index (χ1v) is 29.7. The minimum atomic E-state index is -0.763. The zero-order valence-electron chi connectivity index (χ0n) is 45.3. The zero-order valence-corrected chi connectivity index (χ0v) is 45.3. The molecule has 0 fully saturated rings. The van der Waals surface area contributed by atoms with Crippen LogP contribution in [0.4, 0.5) is 0 Å². The van der Waals surface area contributed by atoms with E-state index in [9.17, 15) is 14.4 Å². The third kappa shape index (κ3) is 53.4. The maximum atomic E-state index is 12.9. The van der Waals surface area contributed by atoms with Crippen LogP contribution in [0.5, 0.6) is 0 Å². The van der Waals surface area contributed by atoms with Crippen LogP contribution in [0.15, 0.2) is 0 Å². The van der Waals surface area contributed by atoms with Crippen molar-refractivity contribution < 1.29 is 28.6 Å². The largest absolute Gasteiger partial charge is 0.462 e. The van der Waals surface area contributed by atoms with Gasteiger partial charge in [0.15, 0.2) is 6.10 Å². The molecule has 0 unspecified atom stereocenters. The summed E-state index contributed by atoms with van der Waals surface area (Å²) in [4.78, 5) is 38.2. The average molecular weight is 934 g/mol. The summed E-state index contributed by atoms with van der Waals surface area (Å²) in [5, 5.41) is 0. The summed E-state index contributed by atoms with van der Waals surface area (Å²) < 4.78 is 16.9. The zero-order chi connectivity index (χ0) is 48.2. The molecule has 0 aromatic rings. The van der Waals surface area contributed by atoms with E-state index in [0.29, 0.717) is 19.3 Å². The molecule has 0 saturated carbocycles. The second kappa shape index (κ2) is 52.8. The van der Waals surface area contributed by atoms with Crippen molar-refractivity contribution in [3.63, 3.8) is 0 Å². The topological polar surface area (TPSA) is 78.9 Å². The lowest BCUT2D eigenvalue weighted by atomic mass is 10.0. The van der Waals surface area contributed by atoms with Crippen LogP contribution in [-0.2, 0) is 28.6 Å². The van der Waals surface area contributed by atoms with Crippen LogP contribution in [0, 0.1) is 11.8 Å². The highest BCUT2D eigenvalue weighted by Gasteiger charge is 2.19. The highest BCUT2D eigenvalue weighted by Crippen LogP contribution is 2.18. The molecular weight excluding hydrogens is 817 g/mol. The molecule has 0 amide bonds. The molecule has 6 nitrogen and oxygen atoms in total. The van der Waals surface area contributed by atoms with Crippen molar-refractivity contribution in [3.05, 3.63) is 0 Å². The van der Waals surface area contributed by atoms with Gasteiger partial charge in [-0.25, -0.2) is 0 Å². The molecular formula is C60H116O6. The van der Waals surface area contributed by atoms with Crippen LogP contribution in [0.1, 0.15) is 336 Å². The smallest absolute Gasteiger partial charge is 0.306 e. The maximum Gasteiger partial charge on any atom is 0.306 e. The number of esters is 3. The molecule has 0 heterocycles. The minimum Gasteiger partial charge on any atom is -0.462 e. The SMILES string of the molecule is CCCCCCCCCCCCCCCCCC(=O)O[C@H](COC(=O)CCCCCCCCCCCCCCCCCCC(C)C)COC(=O)CCCCCCCCCCCCCC(C)C. The predicted molar refractivity (Wildman–Crippen MR) is 284 cm³/mol. The Hall–Kier alpha value is -1.59. The second-order valence-electron chi connectivity index (χ2n) is 21.6. The molecule has 0 spiro atoms. The highest BCUT2D eigenvalue weighted by molar-refractivity contribution is 5.71. The van der Waals surface area contributed by atoms with E-state index in [0.717, 1.165) is 69.6 Å². The number of unbranched alkanes of at least 4 members (excludes halogenated alkanes) is 39. The Morgan fingerprint density at radius 1 is 0.288 bits per heavy atom. The molecule has 0 radical (unpaired) electrons. The molecule has 0 aromatic heterocycles. The van der Waals surface area contributed by atoms with Crippen molar-refractivity contribution in [1.29, 1.82) is 0 Å². The first kappa shape index (κ1) is 64.4. The fraction of sp³-hybridized carbons (Fsp3) is 0.950. The molecule has 0 aromatic carbocycles.